The molecule has 0 spiro atoms. The summed E-state index contributed by atoms with van der Waals surface area (Å²) < 4.78 is 0. The number of amides is 4. The van der Waals surface area contributed by atoms with Crippen LogP contribution in [0.2, 0.25) is 0 Å². The summed E-state index contributed by atoms with van der Waals surface area (Å²) in [5.41, 5.74) is 0. The molecule has 2 saturated heterocycles. The van der Waals surface area contributed by atoms with Gasteiger partial charge in [-0.15, -0.1) is 0 Å². The Morgan fingerprint density at radius 3 is 0.542 bits per heavy atom. The summed E-state index contributed by atoms with van der Waals surface area (Å²) in [5, 5.41) is 10.1. The number of rotatable bonds is 90. The van der Waals surface area contributed by atoms with Gasteiger partial charge in [0.15, 0.2) is 0 Å². The standard InChI is InChI=1S/C98H187N5O4/c1-3-5-7-9-11-13-15-17-19-21-23-25-27-29-31-33-35-37-39-41-43-44-46-48-50-52-54-56-58-60-62-64-66-68-70-72-74-76-78-80-82-94-92-96(105)103(98(94)107)90-88-101-86-84-99-83-85-100-87-89-102-95(104)91-93(97(102)106)81-79-77-75-73-71-69-67-65-63-61-59-57-55-53-51-49-47-45-42-40-38-36-34-32-30-28-26-24-22-20-18-16-14-12-10-8-6-4-2/h79-82,93-94,99-101H,3-78,83-92H2,1-2H3/b81-79+,82-80+. The number of hydrogen-bond acceptors (Lipinski definition) is 7. The van der Waals surface area contributed by atoms with Gasteiger partial charge in [-0.05, 0) is 25.7 Å². The molecule has 0 aliphatic carbocycles. The van der Waals surface area contributed by atoms with Crippen molar-refractivity contribution in [2.75, 3.05) is 52.4 Å². The van der Waals surface area contributed by atoms with Gasteiger partial charge in [0.2, 0.25) is 23.6 Å². The smallest absolute Gasteiger partial charge is 0.236 e. The normalized spacial score (nSPS) is 15.0. The van der Waals surface area contributed by atoms with Gasteiger partial charge in [-0.2, -0.15) is 0 Å². The van der Waals surface area contributed by atoms with Gasteiger partial charge in [0, 0.05) is 65.2 Å². The Balaban J connectivity index is 1.23. The molecule has 2 rings (SSSR count). The van der Waals surface area contributed by atoms with E-state index in [-0.39, 0.29) is 35.5 Å². The van der Waals surface area contributed by atoms with Crippen molar-refractivity contribution < 1.29 is 19.2 Å². The Morgan fingerprint density at radius 2 is 0.374 bits per heavy atom. The molecule has 3 N–H and O–H groups in total. The van der Waals surface area contributed by atoms with Crippen molar-refractivity contribution in [1.29, 1.82) is 0 Å². The van der Waals surface area contributed by atoms with E-state index in [0.29, 0.717) is 39.0 Å². The fourth-order valence-electron chi connectivity index (χ4n) is 16.9. The van der Waals surface area contributed by atoms with Crippen molar-refractivity contribution in [2.24, 2.45) is 11.8 Å². The van der Waals surface area contributed by atoms with Gasteiger partial charge in [0.25, 0.3) is 0 Å². The molecule has 2 unspecified atom stereocenters. The molecule has 2 atom stereocenters. The van der Waals surface area contributed by atoms with Crippen LogP contribution in [0.15, 0.2) is 24.3 Å². The summed E-state index contributed by atoms with van der Waals surface area (Å²) in [6.07, 6.45) is 117. The molecule has 0 radical (unpaired) electrons. The number of unbranched alkanes of at least 4 members (excludes halogenated alkanes) is 74. The number of hydrogen-bond donors (Lipinski definition) is 3. The highest BCUT2D eigenvalue weighted by Crippen LogP contribution is 2.25. The second-order valence-electron chi connectivity index (χ2n) is 34.5. The maximum absolute atomic E-state index is 13.0. The first-order valence-electron chi connectivity index (χ1n) is 49.1. The number of nitrogens with one attached hydrogen (secondary N) is 3. The first-order valence-corrected chi connectivity index (χ1v) is 49.1. The molecule has 9 heteroatoms. The first kappa shape index (κ1) is 101. The van der Waals surface area contributed by atoms with E-state index in [9.17, 15) is 19.2 Å². The Kier molecular flexibility index (Phi) is 78.2. The van der Waals surface area contributed by atoms with E-state index in [1.807, 2.05) is 12.2 Å². The fraction of sp³-hybridized carbons (Fsp3) is 0.918. The second kappa shape index (κ2) is 83.1. The minimum Gasteiger partial charge on any atom is -0.314 e. The first-order chi connectivity index (χ1) is 53.0. The molecule has 0 aromatic rings. The Morgan fingerprint density at radius 1 is 0.224 bits per heavy atom. The topological polar surface area (TPSA) is 111 Å². The Hall–Kier alpha value is -2.36. The lowest BCUT2D eigenvalue weighted by atomic mass is 10.0. The third-order valence-corrected chi connectivity index (χ3v) is 24.2. The van der Waals surface area contributed by atoms with Gasteiger partial charge in [-0.3, -0.25) is 29.0 Å². The second-order valence-corrected chi connectivity index (χ2v) is 34.5. The number of nitrogens with zero attached hydrogens (tertiary/aromatic N) is 2. The number of carbonyl (C=O) groups excluding carboxylic acids is 4. The van der Waals surface area contributed by atoms with Gasteiger partial charge < -0.3 is 16.0 Å². The lowest BCUT2D eigenvalue weighted by molar-refractivity contribution is -0.140. The predicted octanol–water partition coefficient (Wildman–Crippen LogP) is 29.3. The van der Waals surface area contributed by atoms with Gasteiger partial charge in [0.05, 0.1) is 11.8 Å². The van der Waals surface area contributed by atoms with Crippen LogP contribution in [0, 0.1) is 11.8 Å². The van der Waals surface area contributed by atoms with Crippen LogP contribution >= 0.6 is 0 Å². The van der Waals surface area contributed by atoms with Crippen molar-refractivity contribution in [3.63, 3.8) is 0 Å². The minimum atomic E-state index is -0.309. The lowest BCUT2D eigenvalue weighted by Crippen LogP contribution is -2.40. The third kappa shape index (κ3) is 67.8. The van der Waals surface area contributed by atoms with Crippen LogP contribution in [0.1, 0.15) is 515 Å². The molecule has 2 fully saturated rings. The summed E-state index contributed by atoms with van der Waals surface area (Å²) in [7, 11) is 0. The molecule has 2 aliphatic heterocycles. The molecule has 9 nitrogen and oxygen atoms in total. The van der Waals surface area contributed by atoms with E-state index < -0.39 is 0 Å². The zero-order valence-electron chi connectivity index (χ0n) is 72.3. The fourth-order valence-corrected chi connectivity index (χ4v) is 16.9. The highest BCUT2D eigenvalue weighted by atomic mass is 16.2. The minimum absolute atomic E-state index is 0.0546. The molecule has 2 heterocycles. The molecule has 0 bridgehead atoms. The van der Waals surface area contributed by atoms with Crippen molar-refractivity contribution in [3.05, 3.63) is 24.3 Å². The molecule has 2 aliphatic rings. The lowest BCUT2D eigenvalue weighted by Gasteiger charge is -2.15. The number of allylic oxidation sites excluding steroid dienone is 2. The van der Waals surface area contributed by atoms with Crippen molar-refractivity contribution in [3.8, 4) is 0 Å². The van der Waals surface area contributed by atoms with E-state index in [4.69, 9.17) is 0 Å². The van der Waals surface area contributed by atoms with Crippen molar-refractivity contribution in [1.82, 2.24) is 25.8 Å². The van der Waals surface area contributed by atoms with Crippen LogP contribution in [-0.4, -0.2) is 85.8 Å². The summed E-state index contributed by atoms with van der Waals surface area (Å²) in [5.74, 6) is -0.848. The maximum Gasteiger partial charge on any atom is 0.236 e. The highest BCUT2D eigenvalue weighted by molar-refractivity contribution is 6.05. The summed E-state index contributed by atoms with van der Waals surface area (Å²) >= 11 is 0. The predicted molar refractivity (Wildman–Crippen MR) is 469 cm³/mol. The van der Waals surface area contributed by atoms with Crippen LogP contribution in [-0.2, 0) is 19.2 Å². The summed E-state index contributed by atoms with van der Waals surface area (Å²) in [6.45, 7) is 9.63. The zero-order chi connectivity index (χ0) is 76.4. The quantitative estimate of drug-likeness (QED) is 0.0316. The summed E-state index contributed by atoms with van der Waals surface area (Å²) in [6, 6.07) is 0. The van der Waals surface area contributed by atoms with Crippen LogP contribution in [0.5, 0.6) is 0 Å². The monoisotopic (exact) mass is 1500 g/mol. The van der Waals surface area contributed by atoms with Crippen molar-refractivity contribution >= 4 is 23.6 Å². The molecule has 107 heavy (non-hydrogen) atoms. The van der Waals surface area contributed by atoms with Gasteiger partial charge in [0.1, 0.15) is 0 Å². The molecule has 628 valence electrons. The van der Waals surface area contributed by atoms with E-state index in [1.165, 1.54) is 472 Å². The van der Waals surface area contributed by atoms with E-state index >= 15 is 0 Å². The SMILES string of the molecule is CCCCCCCCCCCCCCCCCCCCCCCCCCCCCCCCCCCCCC/C=C/C1CC(=O)N(CCNCCNCCNCCN2C(=O)CC(/C=C/CCCCCCCCCCCCCCCCCCCCCCCCCCCCCCCCCCCCCCCC)C2=O)C1=O. The molecular weight excluding hydrogens is 1310 g/mol. The average molecular weight is 1500 g/mol. The molecule has 0 aromatic heterocycles. The largest absolute Gasteiger partial charge is 0.314 e. The van der Waals surface area contributed by atoms with E-state index in [2.05, 4.69) is 41.9 Å². The zero-order valence-corrected chi connectivity index (χ0v) is 72.3. The van der Waals surface area contributed by atoms with Gasteiger partial charge in [-0.1, -0.05) is 500 Å². The number of carbonyl (C=O) groups is 4. The van der Waals surface area contributed by atoms with Crippen LogP contribution in [0.3, 0.4) is 0 Å². The van der Waals surface area contributed by atoms with E-state index in [0.717, 1.165) is 51.9 Å². The molecular formula is C98H187N5O4. The Bertz CT molecular complexity index is 1940. The number of likely N-dealkylation sites (tertiary alicyclic amines) is 2. The van der Waals surface area contributed by atoms with E-state index in [1.54, 1.807) is 0 Å². The highest BCUT2D eigenvalue weighted by Gasteiger charge is 2.37. The Labute approximate surface area is 668 Å². The van der Waals surface area contributed by atoms with Crippen LogP contribution < -0.4 is 16.0 Å². The molecule has 0 saturated carbocycles. The van der Waals surface area contributed by atoms with Crippen LogP contribution in [0.4, 0.5) is 0 Å². The van der Waals surface area contributed by atoms with Crippen molar-refractivity contribution in [2.45, 2.75) is 515 Å². The van der Waals surface area contributed by atoms with Gasteiger partial charge >= 0.3 is 0 Å². The average Bonchev–Trinajstić information content (AvgIpc) is 1.71. The summed E-state index contributed by atoms with van der Waals surface area (Å²) in [4.78, 5) is 54.4. The molecule has 4 amide bonds. The van der Waals surface area contributed by atoms with Gasteiger partial charge in [-0.25, -0.2) is 0 Å². The maximum atomic E-state index is 13.0. The number of imide groups is 2. The molecule has 0 aromatic carbocycles. The third-order valence-electron chi connectivity index (χ3n) is 24.2. The van der Waals surface area contributed by atoms with Crippen LogP contribution in [0.25, 0.3) is 0 Å².